The van der Waals surface area contributed by atoms with Gasteiger partial charge in [0.25, 0.3) is 0 Å². The molecule has 1 aliphatic rings. The minimum absolute atomic E-state index is 0.0467. The second kappa shape index (κ2) is 13.0. The molecule has 256 valence electrons. The molecule has 5 heterocycles. The van der Waals surface area contributed by atoms with Gasteiger partial charge >= 0.3 is 6.18 Å². The maximum atomic E-state index is 15.1. The van der Waals surface area contributed by atoms with E-state index in [1.54, 1.807) is 35.9 Å². The number of hydrogen-bond donors (Lipinski definition) is 1. The van der Waals surface area contributed by atoms with Crippen LogP contribution in [-0.2, 0) is 23.1 Å². The topological polar surface area (TPSA) is 81.5 Å². The Morgan fingerprint density at radius 3 is 2.04 bits per heavy atom. The van der Waals surface area contributed by atoms with Gasteiger partial charge in [-0.2, -0.15) is 18.3 Å². The summed E-state index contributed by atoms with van der Waals surface area (Å²) in [5.41, 5.74) is 7.39. The molecule has 3 aromatic carbocycles. The minimum atomic E-state index is -4.75. The average Bonchev–Trinajstić information content (AvgIpc) is 3.97. The highest BCUT2D eigenvalue weighted by molar-refractivity contribution is 7.15. The summed E-state index contributed by atoms with van der Waals surface area (Å²) in [5.74, 6) is -0.311. The van der Waals surface area contributed by atoms with Crippen molar-refractivity contribution >= 4 is 22.9 Å². The minimum Gasteiger partial charge on any atom is -0.368 e. The normalized spacial score (nSPS) is 15.5. The number of primary amides is 1. The molecule has 1 aliphatic heterocycles. The van der Waals surface area contributed by atoms with Crippen LogP contribution in [0.3, 0.4) is 0 Å². The largest absolute Gasteiger partial charge is 0.435 e. The van der Waals surface area contributed by atoms with Crippen LogP contribution in [0, 0.1) is 0 Å². The number of nitrogens with two attached hydrogens (primary N) is 1. The summed E-state index contributed by atoms with van der Waals surface area (Å²) in [6, 6.07) is 35.6. The highest BCUT2D eigenvalue weighted by atomic mass is 32.1. The second-order valence-electron chi connectivity index (χ2n) is 12.7. The Hall–Kier alpha value is -5.52. The van der Waals surface area contributed by atoms with Gasteiger partial charge in [-0.3, -0.25) is 18.8 Å². The van der Waals surface area contributed by atoms with Crippen LogP contribution < -0.4 is 5.73 Å². The molecule has 1 saturated heterocycles. The molecule has 0 aliphatic carbocycles. The lowest BCUT2D eigenvalue weighted by Gasteiger charge is -2.36. The number of imidazole rings is 1. The van der Waals surface area contributed by atoms with Crippen LogP contribution in [-0.4, -0.2) is 42.6 Å². The number of likely N-dealkylation sites (tertiary alicyclic amines) is 1. The van der Waals surface area contributed by atoms with Gasteiger partial charge in [0.2, 0.25) is 5.91 Å². The number of hydrogen-bond acceptors (Lipinski definition) is 5. The van der Waals surface area contributed by atoms with E-state index in [4.69, 9.17) is 5.73 Å². The van der Waals surface area contributed by atoms with Crippen molar-refractivity contribution in [2.75, 3.05) is 6.54 Å². The molecule has 51 heavy (non-hydrogen) atoms. The zero-order valence-electron chi connectivity index (χ0n) is 27.4. The first-order valence-corrected chi connectivity index (χ1v) is 17.5. The van der Waals surface area contributed by atoms with E-state index in [1.807, 2.05) is 108 Å². The first-order chi connectivity index (χ1) is 24.7. The highest BCUT2D eigenvalue weighted by Gasteiger charge is 2.44. The van der Waals surface area contributed by atoms with E-state index in [0.29, 0.717) is 17.8 Å². The predicted octanol–water partition coefficient (Wildman–Crippen LogP) is 8.24. The van der Waals surface area contributed by atoms with Gasteiger partial charge in [-0.15, -0.1) is 11.3 Å². The van der Waals surface area contributed by atoms with Gasteiger partial charge in [-0.05, 0) is 60.3 Å². The molecular formula is C40H33F3N6OS. The number of halogens is 3. The molecule has 0 radical (unpaired) electrons. The molecule has 1 amide bonds. The van der Waals surface area contributed by atoms with Crippen LogP contribution in [0.2, 0.25) is 0 Å². The first kappa shape index (κ1) is 32.7. The van der Waals surface area contributed by atoms with E-state index in [9.17, 15) is 4.79 Å². The number of carbonyl (C=O) groups excluding carboxylic acids is 1. The number of amides is 1. The lowest BCUT2D eigenvalue weighted by molar-refractivity contribution is -0.141. The van der Waals surface area contributed by atoms with Crippen molar-refractivity contribution in [3.05, 3.63) is 161 Å². The molecular weight excluding hydrogens is 670 g/mol. The number of carbonyl (C=O) groups is 1. The summed E-state index contributed by atoms with van der Waals surface area (Å²) in [7, 11) is 0. The Labute approximate surface area is 296 Å². The van der Waals surface area contributed by atoms with Crippen LogP contribution >= 0.6 is 11.3 Å². The molecule has 0 saturated carbocycles. The number of rotatable bonds is 9. The molecule has 1 fully saturated rings. The van der Waals surface area contributed by atoms with Crippen LogP contribution in [0.1, 0.15) is 40.1 Å². The molecule has 11 heteroatoms. The highest BCUT2D eigenvalue weighted by Crippen LogP contribution is 2.44. The van der Waals surface area contributed by atoms with Crippen molar-refractivity contribution in [2.45, 2.75) is 37.1 Å². The molecule has 1 unspecified atom stereocenters. The van der Waals surface area contributed by atoms with Gasteiger partial charge in [0.1, 0.15) is 11.2 Å². The number of pyridine rings is 1. The monoisotopic (exact) mass is 702 g/mol. The fraction of sp³-hybridized carbons (Fsp3) is 0.175. The summed E-state index contributed by atoms with van der Waals surface area (Å²) in [6.45, 7) is 1.40. The van der Waals surface area contributed by atoms with Crippen LogP contribution in [0.4, 0.5) is 13.2 Å². The summed E-state index contributed by atoms with van der Waals surface area (Å²) >= 11 is 1.56. The molecule has 0 bridgehead atoms. The summed E-state index contributed by atoms with van der Waals surface area (Å²) < 4.78 is 48.5. The first-order valence-electron chi connectivity index (χ1n) is 16.7. The Morgan fingerprint density at radius 1 is 0.824 bits per heavy atom. The second-order valence-corrected chi connectivity index (χ2v) is 13.9. The van der Waals surface area contributed by atoms with Crippen molar-refractivity contribution in [3.63, 3.8) is 0 Å². The number of benzene rings is 3. The van der Waals surface area contributed by atoms with E-state index in [2.05, 4.69) is 15.0 Å². The average molecular weight is 703 g/mol. The van der Waals surface area contributed by atoms with Crippen molar-refractivity contribution < 1.29 is 18.0 Å². The van der Waals surface area contributed by atoms with Crippen molar-refractivity contribution in [1.82, 2.24) is 24.1 Å². The fourth-order valence-corrected chi connectivity index (χ4v) is 8.40. The van der Waals surface area contributed by atoms with Gasteiger partial charge in [-0.25, -0.2) is 4.98 Å². The summed E-state index contributed by atoms with van der Waals surface area (Å²) in [4.78, 5) is 20.6. The predicted molar refractivity (Wildman–Crippen MR) is 192 cm³/mol. The number of fused-ring (bicyclic) bond motifs is 1. The third-order valence-corrected chi connectivity index (χ3v) is 10.8. The lowest BCUT2D eigenvalue weighted by atomic mass is 9.77. The number of nitrogens with zero attached hydrogens (tertiary/aromatic N) is 5. The third kappa shape index (κ3) is 5.82. The van der Waals surface area contributed by atoms with Crippen LogP contribution in [0.25, 0.3) is 27.3 Å². The quantitative estimate of drug-likeness (QED) is 0.154. The number of alkyl halides is 3. The Bertz CT molecular complexity index is 2220. The summed E-state index contributed by atoms with van der Waals surface area (Å²) in [5, 5.41) is 4.41. The van der Waals surface area contributed by atoms with Gasteiger partial charge in [-0.1, -0.05) is 91.0 Å². The van der Waals surface area contributed by atoms with Crippen LogP contribution in [0.15, 0.2) is 134 Å². The standard InChI is InChI=1S/C40H33F3N6OS/c41-40(42,43)37-32(26-49(46-37)39(28-11-4-1-5-12-28,29-13-6-2-7-14-29)30-15-8-3-9-16-30)27-18-21-36-45-23-34(48(36)24-27)35-20-19-31(51-35)25-47-22-10-17-33(47)38(44)50/h1-9,11-16,18-21,23-24,26,33H,10,17,22,25H2,(H2,44,50). The van der Waals surface area contributed by atoms with Crippen molar-refractivity contribution in [3.8, 4) is 21.7 Å². The van der Waals surface area contributed by atoms with E-state index in [0.717, 1.165) is 51.5 Å². The molecule has 1 atom stereocenters. The van der Waals surface area contributed by atoms with Gasteiger partial charge in [0.05, 0.1) is 22.8 Å². The molecule has 0 spiro atoms. The molecule has 8 rings (SSSR count). The zero-order valence-corrected chi connectivity index (χ0v) is 28.2. The molecule has 7 nitrogen and oxygen atoms in total. The van der Waals surface area contributed by atoms with E-state index in [1.165, 1.54) is 10.9 Å². The maximum absolute atomic E-state index is 15.1. The van der Waals surface area contributed by atoms with Crippen molar-refractivity contribution in [1.29, 1.82) is 0 Å². The Morgan fingerprint density at radius 2 is 1.45 bits per heavy atom. The molecule has 7 aromatic rings. The Kier molecular flexibility index (Phi) is 8.32. The summed E-state index contributed by atoms with van der Waals surface area (Å²) in [6.07, 6.45) is 1.87. The molecule has 4 aromatic heterocycles. The zero-order chi connectivity index (χ0) is 35.2. The SMILES string of the molecule is NC(=O)C1CCCN1Cc1ccc(-c2cnc3ccc(-c4cn(C(c5ccccc5)(c5ccccc5)c5ccccc5)nc4C(F)(F)F)cn23)s1. The third-order valence-electron chi connectivity index (χ3n) is 9.68. The van der Waals surface area contributed by atoms with Crippen molar-refractivity contribution in [2.24, 2.45) is 5.73 Å². The van der Waals surface area contributed by atoms with E-state index in [-0.39, 0.29) is 17.5 Å². The van der Waals surface area contributed by atoms with Crippen LogP contribution in [0.5, 0.6) is 0 Å². The smallest absolute Gasteiger partial charge is 0.368 e. The fourth-order valence-electron chi connectivity index (χ4n) is 7.36. The number of aromatic nitrogens is 4. The van der Waals surface area contributed by atoms with Gasteiger partial charge in [0.15, 0.2) is 5.69 Å². The maximum Gasteiger partial charge on any atom is 0.435 e. The van der Waals surface area contributed by atoms with E-state index >= 15 is 13.2 Å². The lowest BCUT2D eigenvalue weighted by Crippen LogP contribution is -2.39. The Balaban J connectivity index is 1.27. The van der Waals surface area contributed by atoms with Gasteiger partial charge in [0, 0.05) is 34.9 Å². The van der Waals surface area contributed by atoms with Gasteiger partial charge < -0.3 is 5.73 Å². The number of thiophene rings is 1. The van der Waals surface area contributed by atoms with E-state index < -0.39 is 17.4 Å². The molecule has 2 N–H and O–H groups in total.